The highest BCUT2D eigenvalue weighted by Gasteiger charge is 2.09. The molecule has 0 aromatic heterocycles. The number of carbonyl (C=O) groups excluding carboxylic acids is 1. The predicted molar refractivity (Wildman–Crippen MR) is 92.8 cm³/mol. The van der Waals surface area contributed by atoms with Crippen molar-refractivity contribution in [3.8, 4) is 0 Å². The van der Waals surface area contributed by atoms with Gasteiger partial charge in [-0.05, 0) is 35.6 Å². The molecule has 0 bridgehead atoms. The standard InChI is InChI=1S/C19H22N2O/c1-3-15(2)17-11-7-8-12-18(17)21-19(22)20-14-13-16-9-5-4-6-10-16/h4-15H,3H2,1-2H3,(H2,20,21,22)/b14-13+. The number of hydrogen-bond donors (Lipinski definition) is 2. The Morgan fingerprint density at radius 3 is 2.50 bits per heavy atom. The molecule has 0 saturated heterocycles. The van der Waals surface area contributed by atoms with E-state index in [4.69, 9.17) is 0 Å². The third-order valence-corrected chi connectivity index (χ3v) is 3.64. The van der Waals surface area contributed by atoms with Crippen LogP contribution >= 0.6 is 0 Å². The summed E-state index contributed by atoms with van der Waals surface area (Å²) in [7, 11) is 0. The van der Waals surface area contributed by atoms with E-state index in [-0.39, 0.29) is 6.03 Å². The lowest BCUT2D eigenvalue weighted by atomic mass is 9.97. The molecule has 0 radical (unpaired) electrons. The average molecular weight is 294 g/mol. The van der Waals surface area contributed by atoms with Crippen molar-refractivity contribution >= 4 is 17.8 Å². The van der Waals surface area contributed by atoms with E-state index in [9.17, 15) is 4.79 Å². The molecule has 0 saturated carbocycles. The van der Waals surface area contributed by atoms with Gasteiger partial charge in [0, 0.05) is 11.9 Å². The van der Waals surface area contributed by atoms with Crippen LogP contribution in [-0.4, -0.2) is 6.03 Å². The summed E-state index contributed by atoms with van der Waals surface area (Å²) in [6.07, 6.45) is 4.55. The number of para-hydroxylation sites is 1. The number of amides is 2. The first-order chi connectivity index (χ1) is 10.7. The lowest BCUT2D eigenvalue weighted by molar-refractivity contribution is 0.255. The topological polar surface area (TPSA) is 41.1 Å². The van der Waals surface area contributed by atoms with E-state index in [0.29, 0.717) is 5.92 Å². The minimum atomic E-state index is -0.233. The number of benzene rings is 2. The van der Waals surface area contributed by atoms with Gasteiger partial charge in [0.05, 0.1) is 0 Å². The van der Waals surface area contributed by atoms with Crippen LogP contribution in [0.25, 0.3) is 6.08 Å². The Hall–Kier alpha value is -2.55. The van der Waals surface area contributed by atoms with Gasteiger partial charge in [-0.25, -0.2) is 4.79 Å². The molecule has 114 valence electrons. The largest absolute Gasteiger partial charge is 0.323 e. The first kappa shape index (κ1) is 15.8. The van der Waals surface area contributed by atoms with Gasteiger partial charge in [-0.15, -0.1) is 0 Å². The number of nitrogens with one attached hydrogen (secondary N) is 2. The van der Waals surface area contributed by atoms with Crippen molar-refractivity contribution < 1.29 is 4.79 Å². The van der Waals surface area contributed by atoms with Gasteiger partial charge in [0.1, 0.15) is 0 Å². The molecule has 2 aromatic carbocycles. The molecule has 1 unspecified atom stereocenters. The molecule has 0 aliphatic rings. The summed E-state index contributed by atoms with van der Waals surface area (Å²) in [5.74, 6) is 0.413. The second kappa shape index (κ2) is 8.03. The van der Waals surface area contributed by atoms with E-state index in [0.717, 1.165) is 23.2 Å². The second-order valence-corrected chi connectivity index (χ2v) is 5.24. The van der Waals surface area contributed by atoms with Gasteiger partial charge in [-0.3, -0.25) is 0 Å². The van der Waals surface area contributed by atoms with Gasteiger partial charge in [-0.2, -0.15) is 0 Å². The van der Waals surface area contributed by atoms with Crippen LogP contribution in [0, 0.1) is 0 Å². The molecule has 22 heavy (non-hydrogen) atoms. The molecule has 2 N–H and O–H groups in total. The van der Waals surface area contributed by atoms with Gasteiger partial charge in [0.25, 0.3) is 0 Å². The number of anilines is 1. The number of urea groups is 1. The summed E-state index contributed by atoms with van der Waals surface area (Å²) >= 11 is 0. The SMILES string of the molecule is CCC(C)c1ccccc1NC(=O)N/C=C/c1ccccc1. The van der Waals surface area contributed by atoms with Gasteiger partial charge in [0.15, 0.2) is 0 Å². The van der Waals surface area contributed by atoms with E-state index < -0.39 is 0 Å². The lowest BCUT2D eigenvalue weighted by Gasteiger charge is -2.15. The molecule has 0 fully saturated rings. The Morgan fingerprint density at radius 1 is 1.09 bits per heavy atom. The van der Waals surface area contributed by atoms with Gasteiger partial charge < -0.3 is 10.6 Å². The average Bonchev–Trinajstić information content (AvgIpc) is 2.55. The highest BCUT2D eigenvalue weighted by atomic mass is 16.2. The molecule has 1 atom stereocenters. The summed E-state index contributed by atoms with van der Waals surface area (Å²) in [4.78, 5) is 12.0. The third kappa shape index (κ3) is 4.48. The lowest BCUT2D eigenvalue weighted by Crippen LogP contribution is -2.24. The molecule has 3 nitrogen and oxygen atoms in total. The Labute approximate surface area is 132 Å². The van der Waals surface area contributed by atoms with Crippen molar-refractivity contribution in [3.63, 3.8) is 0 Å². The Balaban J connectivity index is 1.97. The highest BCUT2D eigenvalue weighted by molar-refractivity contribution is 5.91. The first-order valence-corrected chi connectivity index (χ1v) is 7.58. The summed E-state index contributed by atoms with van der Waals surface area (Å²) in [6.45, 7) is 4.30. The van der Waals surface area contributed by atoms with Crippen LogP contribution < -0.4 is 10.6 Å². The quantitative estimate of drug-likeness (QED) is 0.801. The molecule has 2 rings (SSSR count). The van der Waals surface area contributed by atoms with Crippen molar-refractivity contribution in [1.82, 2.24) is 5.32 Å². The smallest absolute Gasteiger partial charge is 0.314 e. The maximum atomic E-state index is 12.0. The van der Waals surface area contributed by atoms with Crippen molar-refractivity contribution in [2.45, 2.75) is 26.2 Å². The minimum Gasteiger partial charge on any atom is -0.314 e. The fourth-order valence-corrected chi connectivity index (χ4v) is 2.20. The molecule has 0 heterocycles. The molecule has 2 amide bonds. The predicted octanol–water partition coefficient (Wildman–Crippen LogP) is 4.99. The van der Waals surface area contributed by atoms with Gasteiger partial charge in [-0.1, -0.05) is 62.4 Å². The van der Waals surface area contributed by atoms with Crippen LogP contribution in [0.4, 0.5) is 10.5 Å². The van der Waals surface area contributed by atoms with Gasteiger partial charge in [0.2, 0.25) is 0 Å². The van der Waals surface area contributed by atoms with Crippen LogP contribution in [0.15, 0.2) is 60.8 Å². The zero-order chi connectivity index (χ0) is 15.8. The molecule has 0 spiro atoms. The first-order valence-electron chi connectivity index (χ1n) is 7.58. The van der Waals surface area contributed by atoms with Crippen molar-refractivity contribution in [2.75, 3.05) is 5.32 Å². The maximum absolute atomic E-state index is 12.0. The van der Waals surface area contributed by atoms with Crippen LogP contribution in [0.1, 0.15) is 37.3 Å². The minimum absolute atomic E-state index is 0.233. The zero-order valence-corrected chi connectivity index (χ0v) is 13.0. The Morgan fingerprint density at radius 2 is 1.77 bits per heavy atom. The highest BCUT2D eigenvalue weighted by Crippen LogP contribution is 2.26. The van der Waals surface area contributed by atoms with Crippen LogP contribution in [0.5, 0.6) is 0 Å². The van der Waals surface area contributed by atoms with E-state index >= 15 is 0 Å². The molecular weight excluding hydrogens is 272 g/mol. The molecule has 2 aromatic rings. The fraction of sp³-hybridized carbons (Fsp3) is 0.211. The molecular formula is C19H22N2O. The van der Waals surface area contributed by atoms with Crippen molar-refractivity contribution in [2.24, 2.45) is 0 Å². The molecule has 0 aliphatic carbocycles. The van der Waals surface area contributed by atoms with Crippen molar-refractivity contribution in [3.05, 3.63) is 71.9 Å². The van der Waals surface area contributed by atoms with E-state index in [2.05, 4.69) is 30.5 Å². The summed E-state index contributed by atoms with van der Waals surface area (Å²) in [5.41, 5.74) is 3.07. The zero-order valence-electron chi connectivity index (χ0n) is 13.0. The second-order valence-electron chi connectivity index (χ2n) is 5.24. The van der Waals surface area contributed by atoms with E-state index in [1.54, 1.807) is 6.20 Å². The number of rotatable bonds is 5. The monoisotopic (exact) mass is 294 g/mol. The normalized spacial score (nSPS) is 12.1. The maximum Gasteiger partial charge on any atom is 0.323 e. The van der Waals surface area contributed by atoms with Crippen LogP contribution in [-0.2, 0) is 0 Å². The summed E-state index contributed by atoms with van der Waals surface area (Å²) < 4.78 is 0. The van der Waals surface area contributed by atoms with E-state index in [1.165, 1.54) is 0 Å². The third-order valence-electron chi connectivity index (χ3n) is 3.64. The van der Waals surface area contributed by atoms with Crippen molar-refractivity contribution in [1.29, 1.82) is 0 Å². The molecule has 3 heteroatoms. The van der Waals surface area contributed by atoms with Gasteiger partial charge >= 0.3 is 6.03 Å². The Bertz CT molecular complexity index is 635. The summed E-state index contributed by atoms with van der Waals surface area (Å²) in [6, 6.07) is 17.5. The summed E-state index contributed by atoms with van der Waals surface area (Å²) in [5, 5.41) is 5.64. The number of hydrogen-bond acceptors (Lipinski definition) is 1. The Kier molecular flexibility index (Phi) is 5.78. The fourth-order valence-electron chi connectivity index (χ4n) is 2.20. The van der Waals surface area contributed by atoms with E-state index in [1.807, 2.05) is 54.6 Å². The molecule has 0 aliphatic heterocycles. The van der Waals surface area contributed by atoms with Crippen LogP contribution in [0.3, 0.4) is 0 Å². The van der Waals surface area contributed by atoms with Crippen LogP contribution in [0.2, 0.25) is 0 Å². The number of carbonyl (C=O) groups is 1.